The first kappa shape index (κ1) is 12.7. The van der Waals surface area contributed by atoms with Gasteiger partial charge in [0.25, 0.3) is 0 Å². The van der Waals surface area contributed by atoms with Crippen LogP contribution >= 0.6 is 23.2 Å². The number of nitrogens with zero attached hydrogens (tertiary/aromatic N) is 1. The smallest absolute Gasteiger partial charge is 0.0434 e. The summed E-state index contributed by atoms with van der Waals surface area (Å²) in [6, 6.07) is 0.757. The molecule has 0 aromatic heterocycles. The highest BCUT2D eigenvalue weighted by Crippen LogP contribution is 2.29. The minimum absolute atomic E-state index is 0.757. The van der Waals surface area contributed by atoms with E-state index >= 15 is 0 Å². The van der Waals surface area contributed by atoms with Crippen molar-refractivity contribution in [3.05, 3.63) is 10.6 Å². The van der Waals surface area contributed by atoms with Gasteiger partial charge in [0.1, 0.15) is 0 Å². The van der Waals surface area contributed by atoms with E-state index in [2.05, 4.69) is 10.2 Å². The molecule has 0 radical (unpaired) electrons. The molecule has 0 amide bonds. The summed E-state index contributed by atoms with van der Waals surface area (Å²) in [5.74, 6) is 0.786. The van der Waals surface area contributed by atoms with Gasteiger partial charge in [0.05, 0.1) is 0 Å². The van der Waals surface area contributed by atoms with Crippen molar-refractivity contribution in [2.75, 3.05) is 26.2 Å². The lowest BCUT2D eigenvalue weighted by Crippen LogP contribution is -2.39. The Kier molecular flexibility index (Phi) is 4.96. The lowest BCUT2D eigenvalue weighted by molar-refractivity contribution is 0.216. The average Bonchev–Trinajstić information content (AvgIpc) is 3.13. The molecule has 0 bridgehead atoms. The summed E-state index contributed by atoms with van der Waals surface area (Å²) in [4.78, 5) is 2.50. The molecule has 92 valence electrons. The van der Waals surface area contributed by atoms with Gasteiger partial charge in [-0.25, -0.2) is 0 Å². The van der Waals surface area contributed by atoms with E-state index in [-0.39, 0.29) is 0 Å². The SMILES string of the molecule is Cl/C=C(/Cl)CN(CC1CCCNC1)C1CC1. The molecule has 0 aromatic carbocycles. The topological polar surface area (TPSA) is 15.3 Å². The third-order valence-electron chi connectivity index (χ3n) is 3.43. The Morgan fingerprint density at radius 3 is 2.75 bits per heavy atom. The molecule has 1 heterocycles. The maximum absolute atomic E-state index is 6.02. The van der Waals surface area contributed by atoms with Crippen molar-refractivity contribution < 1.29 is 0 Å². The van der Waals surface area contributed by atoms with Crippen LogP contribution in [0, 0.1) is 5.92 Å². The van der Waals surface area contributed by atoms with E-state index in [0.717, 1.165) is 30.1 Å². The highest BCUT2D eigenvalue weighted by Gasteiger charge is 2.31. The van der Waals surface area contributed by atoms with Crippen LogP contribution in [0.1, 0.15) is 25.7 Å². The van der Waals surface area contributed by atoms with Gasteiger partial charge in [0, 0.05) is 29.7 Å². The van der Waals surface area contributed by atoms with Crippen LogP contribution in [0.5, 0.6) is 0 Å². The third-order valence-corrected chi connectivity index (χ3v) is 4.03. The summed E-state index contributed by atoms with van der Waals surface area (Å²) in [6.45, 7) is 4.33. The molecule has 1 aliphatic heterocycles. The lowest BCUT2D eigenvalue weighted by Gasteiger charge is -2.30. The minimum Gasteiger partial charge on any atom is -0.316 e. The molecule has 1 saturated heterocycles. The Balaban J connectivity index is 1.81. The molecule has 2 fully saturated rings. The highest BCUT2D eigenvalue weighted by molar-refractivity contribution is 6.36. The molecule has 1 N–H and O–H groups in total. The Hall–Kier alpha value is 0.240. The van der Waals surface area contributed by atoms with Crippen molar-refractivity contribution in [2.45, 2.75) is 31.7 Å². The van der Waals surface area contributed by atoms with E-state index in [9.17, 15) is 0 Å². The first-order chi connectivity index (χ1) is 7.79. The summed E-state index contributed by atoms with van der Waals surface area (Å²) in [6.07, 6.45) is 5.31. The van der Waals surface area contributed by atoms with Crippen LogP contribution in [0.3, 0.4) is 0 Å². The zero-order valence-electron chi connectivity index (χ0n) is 9.59. The fourth-order valence-electron chi connectivity index (χ4n) is 2.42. The van der Waals surface area contributed by atoms with Gasteiger partial charge in [-0.05, 0) is 44.7 Å². The van der Waals surface area contributed by atoms with E-state index in [0.29, 0.717) is 0 Å². The van der Waals surface area contributed by atoms with E-state index in [1.54, 1.807) is 0 Å². The maximum Gasteiger partial charge on any atom is 0.0434 e. The van der Waals surface area contributed by atoms with Crippen molar-refractivity contribution in [1.29, 1.82) is 0 Å². The molecule has 0 aromatic rings. The van der Waals surface area contributed by atoms with Gasteiger partial charge in [-0.2, -0.15) is 0 Å². The van der Waals surface area contributed by atoms with Crippen molar-refractivity contribution in [2.24, 2.45) is 5.92 Å². The van der Waals surface area contributed by atoms with E-state index < -0.39 is 0 Å². The molecule has 1 saturated carbocycles. The van der Waals surface area contributed by atoms with Crippen molar-refractivity contribution in [3.63, 3.8) is 0 Å². The maximum atomic E-state index is 6.02. The standard InChI is InChI=1S/C12H20Cl2N2/c13-6-11(14)9-16(12-3-4-12)8-10-2-1-5-15-7-10/h6,10,12,15H,1-5,7-9H2/b11-6+. The largest absolute Gasteiger partial charge is 0.316 e. The number of rotatable bonds is 5. The summed E-state index contributed by atoms with van der Waals surface area (Å²) in [5.41, 5.74) is 1.50. The molecule has 16 heavy (non-hydrogen) atoms. The number of nitrogens with one attached hydrogen (secondary N) is 1. The second-order valence-electron chi connectivity index (χ2n) is 4.93. The minimum atomic E-state index is 0.757. The quantitative estimate of drug-likeness (QED) is 0.820. The summed E-state index contributed by atoms with van der Waals surface area (Å²) in [7, 11) is 0. The average molecular weight is 263 g/mol. The van der Waals surface area contributed by atoms with Crippen LogP contribution in [0.15, 0.2) is 10.6 Å². The number of halogens is 2. The normalized spacial score (nSPS) is 27.4. The molecule has 2 nitrogen and oxygen atoms in total. The number of piperidine rings is 1. The van der Waals surface area contributed by atoms with Crippen LogP contribution < -0.4 is 5.32 Å². The Morgan fingerprint density at radius 1 is 1.38 bits per heavy atom. The Labute approximate surface area is 108 Å². The molecule has 1 aliphatic carbocycles. The van der Waals surface area contributed by atoms with Crippen molar-refractivity contribution in [1.82, 2.24) is 10.2 Å². The van der Waals surface area contributed by atoms with E-state index in [1.807, 2.05) is 0 Å². The zero-order valence-corrected chi connectivity index (χ0v) is 11.1. The van der Waals surface area contributed by atoms with Crippen LogP contribution in [-0.2, 0) is 0 Å². The fraction of sp³-hybridized carbons (Fsp3) is 0.833. The van der Waals surface area contributed by atoms with E-state index in [4.69, 9.17) is 23.2 Å². The molecule has 4 heteroatoms. The van der Waals surface area contributed by atoms with Crippen molar-refractivity contribution >= 4 is 23.2 Å². The predicted molar refractivity (Wildman–Crippen MR) is 70.0 cm³/mol. The third kappa shape index (κ3) is 3.92. The van der Waals surface area contributed by atoms with Gasteiger partial charge in [-0.1, -0.05) is 23.2 Å². The Bertz CT molecular complexity index is 245. The molecule has 2 rings (SSSR count). The molecule has 1 atom stereocenters. The molecule has 0 spiro atoms. The highest BCUT2D eigenvalue weighted by atomic mass is 35.5. The van der Waals surface area contributed by atoms with Gasteiger partial charge >= 0.3 is 0 Å². The molecule has 1 unspecified atom stereocenters. The second kappa shape index (κ2) is 6.25. The number of hydrogen-bond acceptors (Lipinski definition) is 2. The molecule has 2 aliphatic rings. The molecular weight excluding hydrogens is 243 g/mol. The monoisotopic (exact) mass is 262 g/mol. The lowest BCUT2D eigenvalue weighted by atomic mass is 9.99. The van der Waals surface area contributed by atoms with Gasteiger partial charge in [-0.3, -0.25) is 4.90 Å². The van der Waals surface area contributed by atoms with Gasteiger partial charge < -0.3 is 5.32 Å². The van der Waals surface area contributed by atoms with Gasteiger partial charge in [-0.15, -0.1) is 0 Å². The van der Waals surface area contributed by atoms with Crippen LogP contribution in [-0.4, -0.2) is 37.1 Å². The molecular formula is C12H20Cl2N2. The first-order valence-corrected chi connectivity index (χ1v) is 7.00. The first-order valence-electron chi connectivity index (χ1n) is 6.19. The predicted octanol–water partition coefficient (Wildman–Crippen LogP) is 2.77. The Morgan fingerprint density at radius 2 is 2.19 bits per heavy atom. The van der Waals surface area contributed by atoms with Crippen LogP contribution in [0.4, 0.5) is 0 Å². The summed E-state index contributed by atoms with van der Waals surface area (Å²) >= 11 is 11.7. The van der Waals surface area contributed by atoms with Crippen LogP contribution in [0.2, 0.25) is 0 Å². The zero-order chi connectivity index (χ0) is 11.4. The van der Waals surface area contributed by atoms with Gasteiger partial charge in [0.2, 0.25) is 0 Å². The number of hydrogen-bond donors (Lipinski definition) is 1. The van der Waals surface area contributed by atoms with Gasteiger partial charge in [0.15, 0.2) is 0 Å². The van der Waals surface area contributed by atoms with Crippen LogP contribution in [0.25, 0.3) is 0 Å². The summed E-state index contributed by atoms with van der Waals surface area (Å²) < 4.78 is 0. The van der Waals surface area contributed by atoms with Crippen molar-refractivity contribution in [3.8, 4) is 0 Å². The fourth-order valence-corrected chi connectivity index (χ4v) is 2.64. The second-order valence-corrected chi connectivity index (χ2v) is 5.63. The summed E-state index contributed by atoms with van der Waals surface area (Å²) in [5, 5.41) is 4.23. The van der Waals surface area contributed by atoms with E-state index in [1.165, 1.54) is 44.3 Å².